The Balaban J connectivity index is 2.25. The maximum absolute atomic E-state index is 10.3. The summed E-state index contributed by atoms with van der Waals surface area (Å²) >= 11 is 5.71. The molecule has 19 heavy (non-hydrogen) atoms. The molecule has 2 nitrogen and oxygen atoms in total. The van der Waals surface area contributed by atoms with Crippen molar-refractivity contribution >= 4 is 17.3 Å². The largest absolute Gasteiger partial charge is 0.399 e. The molecule has 0 aliphatic heterocycles. The molecule has 0 aliphatic carbocycles. The number of nitrogens with two attached hydrogens (primary N) is 1. The van der Waals surface area contributed by atoms with Gasteiger partial charge in [0, 0.05) is 11.6 Å². The maximum Gasteiger partial charge on any atom is 0.0879 e. The predicted octanol–water partition coefficient (Wildman–Crippen LogP) is 3.77. The van der Waals surface area contributed by atoms with E-state index in [2.05, 4.69) is 0 Å². The molecule has 2 aromatic carbocycles. The van der Waals surface area contributed by atoms with Crippen LogP contribution in [0.15, 0.2) is 48.5 Å². The summed E-state index contributed by atoms with van der Waals surface area (Å²) in [4.78, 5) is 0. The number of hydrogen-bond acceptors (Lipinski definition) is 2. The lowest BCUT2D eigenvalue weighted by molar-refractivity contribution is 0.0540. The van der Waals surface area contributed by atoms with Gasteiger partial charge in [0.2, 0.25) is 0 Å². The maximum atomic E-state index is 10.3. The van der Waals surface area contributed by atoms with Crippen molar-refractivity contribution in [1.29, 1.82) is 0 Å². The van der Waals surface area contributed by atoms with E-state index >= 15 is 0 Å². The van der Waals surface area contributed by atoms with Crippen molar-refractivity contribution in [3.05, 3.63) is 54.1 Å². The van der Waals surface area contributed by atoms with Crippen LogP contribution in [0.1, 0.15) is 18.9 Å². The fraction of sp³-hybridized carbons (Fsp3) is 0.250. The third-order valence-electron chi connectivity index (χ3n) is 3.33. The number of hydrogen-bond donors (Lipinski definition) is 2. The van der Waals surface area contributed by atoms with Gasteiger partial charge in [-0.1, -0.05) is 36.4 Å². The molecule has 0 spiro atoms. The van der Waals surface area contributed by atoms with Crippen molar-refractivity contribution in [3.63, 3.8) is 0 Å². The zero-order valence-corrected chi connectivity index (χ0v) is 11.7. The van der Waals surface area contributed by atoms with E-state index in [9.17, 15) is 5.11 Å². The third-order valence-corrected chi connectivity index (χ3v) is 3.52. The molecule has 0 aliphatic rings. The SMILES string of the molecule is CC(O)(CCCl)c1ccc(-c2ccc(N)cc2)cc1. The van der Waals surface area contributed by atoms with E-state index in [0.717, 1.165) is 22.4 Å². The second-order valence-corrected chi connectivity index (χ2v) is 5.29. The van der Waals surface area contributed by atoms with Crippen molar-refractivity contribution < 1.29 is 5.11 Å². The Bertz CT molecular complexity index is 532. The topological polar surface area (TPSA) is 46.2 Å². The van der Waals surface area contributed by atoms with Crippen LogP contribution in [0, 0.1) is 0 Å². The number of alkyl halides is 1. The van der Waals surface area contributed by atoms with Crippen LogP contribution in [0.3, 0.4) is 0 Å². The molecular weight excluding hydrogens is 258 g/mol. The molecule has 1 unspecified atom stereocenters. The number of halogens is 1. The highest BCUT2D eigenvalue weighted by atomic mass is 35.5. The Kier molecular flexibility index (Phi) is 4.13. The van der Waals surface area contributed by atoms with Crippen LogP contribution in [-0.2, 0) is 5.60 Å². The number of nitrogen functional groups attached to an aromatic ring is 1. The first-order valence-electron chi connectivity index (χ1n) is 6.28. The summed E-state index contributed by atoms with van der Waals surface area (Å²) in [7, 11) is 0. The molecular formula is C16H18ClNO. The van der Waals surface area contributed by atoms with Crippen molar-refractivity contribution in [2.24, 2.45) is 0 Å². The van der Waals surface area contributed by atoms with Crippen LogP contribution in [0.5, 0.6) is 0 Å². The van der Waals surface area contributed by atoms with Crippen LogP contribution >= 0.6 is 11.6 Å². The van der Waals surface area contributed by atoms with E-state index in [1.807, 2.05) is 48.5 Å². The quantitative estimate of drug-likeness (QED) is 0.659. The Morgan fingerprint density at radius 3 is 1.95 bits per heavy atom. The molecule has 3 heteroatoms. The van der Waals surface area contributed by atoms with E-state index in [0.29, 0.717) is 12.3 Å². The van der Waals surface area contributed by atoms with Crippen LogP contribution in [0.25, 0.3) is 11.1 Å². The van der Waals surface area contributed by atoms with Crippen molar-refractivity contribution in [3.8, 4) is 11.1 Å². The Labute approximate surface area is 118 Å². The van der Waals surface area contributed by atoms with E-state index in [4.69, 9.17) is 17.3 Å². The second kappa shape index (κ2) is 5.64. The summed E-state index contributed by atoms with van der Waals surface area (Å²) in [6.45, 7) is 1.79. The average molecular weight is 276 g/mol. The van der Waals surface area contributed by atoms with Gasteiger partial charge in [0.25, 0.3) is 0 Å². The van der Waals surface area contributed by atoms with Crippen molar-refractivity contribution in [2.45, 2.75) is 18.9 Å². The smallest absolute Gasteiger partial charge is 0.0879 e. The Morgan fingerprint density at radius 1 is 1.00 bits per heavy atom. The molecule has 3 N–H and O–H groups in total. The van der Waals surface area contributed by atoms with E-state index < -0.39 is 5.60 Å². The number of benzene rings is 2. The molecule has 1 atom stereocenters. The lowest BCUT2D eigenvalue weighted by Crippen LogP contribution is -2.21. The first-order chi connectivity index (χ1) is 9.03. The average Bonchev–Trinajstić information content (AvgIpc) is 2.40. The molecule has 0 bridgehead atoms. The van der Waals surface area contributed by atoms with Gasteiger partial charge in [0.05, 0.1) is 5.60 Å². The normalized spacial score (nSPS) is 14.1. The van der Waals surface area contributed by atoms with Crippen LogP contribution in [0.2, 0.25) is 0 Å². The molecule has 0 saturated heterocycles. The second-order valence-electron chi connectivity index (χ2n) is 4.91. The molecule has 100 valence electrons. The molecule has 0 saturated carbocycles. The minimum Gasteiger partial charge on any atom is -0.399 e. The molecule has 0 heterocycles. The van der Waals surface area contributed by atoms with Gasteiger partial charge in [-0.15, -0.1) is 11.6 Å². The summed E-state index contributed by atoms with van der Waals surface area (Å²) < 4.78 is 0. The summed E-state index contributed by atoms with van der Waals surface area (Å²) in [5.74, 6) is 0.437. The summed E-state index contributed by atoms with van der Waals surface area (Å²) in [5, 5.41) is 10.3. The Hall–Kier alpha value is -1.51. The fourth-order valence-electron chi connectivity index (χ4n) is 2.03. The van der Waals surface area contributed by atoms with Crippen molar-refractivity contribution in [2.75, 3.05) is 11.6 Å². The monoisotopic (exact) mass is 275 g/mol. The van der Waals surface area contributed by atoms with Gasteiger partial charge in [-0.05, 0) is 42.2 Å². The number of aliphatic hydroxyl groups is 1. The van der Waals surface area contributed by atoms with E-state index in [1.165, 1.54) is 0 Å². The minimum absolute atomic E-state index is 0.437. The third kappa shape index (κ3) is 3.28. The van der Waals surface area contributed by atoms with Gasteiger partial charge in [0.1, 0.15) is 0 Å². The summed E-state index contributed by atoms with van der Waals surface area (Å²) in [5.41, 5.74) is 8.65. The van der Waals surface area contributed by atoms with Gasteiger partial charge in [-0.25, -0.2) is 0 Å². The highest BCUT2D eigenvalue weighted by Crippen LogP contribution is 2.28. The summed E-state index contributed by atoms with van der Waals surface area (Å²) in [6, 6.07) is 15.6. The van der Waals surface area contributed by atoms with Crippen molar-refractivity contribution in [1.82, 2.24) is 0 Å². The van der Waals surface area contributed by atoms with Gasteiger partial charge in [-0.2, -0.15) is 0 Å². The highest BCUT2D eigenvalue weighted by Gasteiger charge is 2.21. The van der Waals surface area contributed by atoms with Gasteiger partial charge in [-0.3, -0.25) is 0 Å². The molecule has 2 rings (SSSR count). The standard InChI is InChI=1S/C16H18ClNO/c1-16(19,10-11-17)14-6-2-12(3-7-14)13-4-8-15(18)9-5-13/h2-9,19H,10-11,18H2,1H3. The van der Waals surface area contributed by atoms with Gasteiger partial charge >= 0.3 is 0 Å². The summed E-state index contributed by atoms with van der Waals surface area (Å²) in [6.07, 6.45) is 0.537. The Morgan fingerprint density at radius 2 is 1.47 bits per heavy atom. The first kappa shape index (κ1) is 13.9. The van der Waals surface area contributed by atoms with E-state index in [1.54, 1.807) is 6.92 Å². The van der Waals surface area contributed by atoms with Crippen LogP contribution in [0.4, 0.5) is 5.69 Å². The molecule has 2 aromatic rings. The van der Waals surface area contributed by atoms with E-state index in [-0.39, 0.29) is 0 Å². The predicted molar refractivity (Wildman–Crippen MR) is 81.2 cm³/mol. The lowest BCUT2D eigenvalue weighted by atomic mass is 9.91. The molecule has 0 radical (unpaired) electrons. The van der Waals surface area contributed by atoms with Gasteiger partial charge < -0.3 is 10.8 Å². The number of rotatable bonds is 4. The molecule has 0 aromatic heterocycles. The fourth-order valence-corrected chi connectivity index (χ4v) is 2.39. The zero-order chi connectivity index (χ0) is 13.9. The highest BCUT2D eigenvalue weighted by molar-refractivity contribution is 6.17. The molecule has 0 fully saturated rings. The van der Waals surface area contributed by atoms with Gasteiger partial charge in [0.15, 0.2) is 0 Å². The lowest BCUT2D eigenvalue weighted by Gasteiger charge is -2.23. The first-order valence-corrected chi connectivity index (χ1v) is 6.81. The van der Waals surface area contributed by atoms with Crippen LogP contribution < -0.4 is 5.73 Å². The number of anilines is 1. The zero-order valence-electron chi connectivity index (χ0n) is 10.9. The molecule has 0 amide bonds. The minimum atomic E-state index is -0.874. The van der Waals surface area contributed by atoms with Crippen LogP contribution in [-0.4, -0.2) is 11.0 Å².